The number of aliphatic hydroxyl groups excluding tert-OH is 1. The first-order chi connectivity index (χ1) is 13.1. The minimum atomic E-state index is -0.468. The van der Waals surface area contributed by atoms with Crippen molar-refractivity contribution in [1.29, 1.82) is 0 Å². The van der Waals surface area contributed by atoms with Crippen LogP contribution in [-0.4, -0.2) is 35.4 Å². The van der Waals surface area contributed by atoms with Gasteiger partial charge in [-0.1, -0.05) is 25.5 Å². The number of carbonyl (C=O) groups is 2. The van der Waals surface area contributed by atoms with Crippen molar-refractivity contribution < 1.29 is 24.2 Å². The number of hydrogen-bond donors (Lipinski definition) is 1. The van der Waals surface area contributed by atoms with Crippen LogP contribution in [0.3, 0.4) is 0 Å². The van der Waals surface area contributed by atoms with Crippen LogP contribution in [0.25, 0.3) is 0 Å². The Bertz CT molecular complexity index is 699. The molecule has 3 fully saturated rings. The van der Waals surface area contributed by atoms with Crippen LogP contribution < -0.4 is 0 Å². The van der Waals surface area contributed by atoms with E-state index in [0.29, 0.717) is 11.8 Å². The average molecular weight is 391 g/mol. The zero-order chi connectivity index (χ0) is 20.3. The minimum absolute atomic E-state index is 0.0268. The lowest BCUT2D eigenvalue weighted by Gasteiger charge is -2.58. The third-order valence-electron chi connectivity index (χ3n) is 8.64. The van der Waals surface area contributed by atoms with Crippen LogP contribution in [0.15, 0.2) is 11.6 Å². The molecule has 156 valence electrons. The second kappa shape index (κ2) is 6.86. The van der Waals surface area contributed by atoms with E-state index in [2.05, 4.69) is 19.9 Å². The van der Waals surface area contributed by atoms with Gasteiger partial charge in [0.15, 0.2) is 0 Å². The second-order valence-electron chi connectivity index (χ2n) is 10.1. The summed E-state index contributed by atoms with van der Waals surface area (Å²) in [6.07, 6.45) is 8.17. The molecule has 4 aliphatic carbocycles. The first-order valence-corrected chi connectivity index (χ1v) is 10.9. The first kappa shape index (κ1) is 19.9. The maximum Gasteiger partial charge on any atom is 0.302 e. The van der Waals surface area contributed by atoms with Gasteiger partial charge in [-0.25, -0.2) is 0 Å². The SMILES string of the molecule is CC(=O)OC1CCC2(C)C(=CC(O)C3C2CCC2(C)C(OC(C)=O)CCC32)C1. The van der Waals surface area contributed by atoms with Gasteiger partial charge >= 0.3 is 11.9 Å². The molecule has 4 rings (SSSR count). The zero-order valence-electron chi connectivity index (χ0n) is 17.6. The summed E-state index contributed by atoms with van der Waals surface area (Å²) in [5.41, 5.74) is 1.31. The third-order valence-corrected chi connectivity index (χ3v) is 8.64. The molecule has 0 bridgehead atoms. The number of carbonyl (C=O) groups excluding carboxylic acids is 2. The molecule has 0 aliphatic heterocycles. The number of hydrogen-bond acceptors (Lipinski definition) is 5. The predicted octanol–water partition coefficient (Wildman–Crippen LogP) is 3.78. The normalized spacial score (nSPS) is 47.2. The molecule has 0 heterocycles. The van der Waals surface area contributed by atoms with Crippen LogP contribution in [0.2, 0.25) is 0 Å². The predicted molar refractivity (Wildman–Crippen MR) is 104 cm³/mol. The number of aliphatic hydroxyl groups is 1. The minimum Gasteiger partial charge on any atom is -0.462 e. The van der Waals surface area contributed by atoms with Crippen LogP contribution in [0, 0.1) is 28.6 Å². The molecule has 5 nitrogen and oxygen atoms in total. The highest BCUT2D eigenvalue weighted by molar-refractivity contribution is 5.66. The van der Waals surface area contributed by atoms with E-state index in [0.717, 1.165) is 44.9 Å². The van der Waals surface area contributed by atoms with E-state index in [1.165, 1.54) is 19.4 Å². The summed E-state index contributed by atoms with van der Waals surface area (Å²) in [6.45, 7) is 7.58. The van der Waals surface area contributed by atoms with E-state index < -0.39 is 6.10 Å². The van der Waals surface area contributed by atoms with Gasteiger partial charge < -0.3 is 14.6 Å². The lowest BCUT2D eigenvalue weighted by Crippen LogP contribution is -2.55. The van der Waals surface area contributed by atoms with Crippen molar-refractivity contribution in [2.24, 2.45) is 28.6 Å². The summed E-state index contributed by atoms with van der Waals surface area (Å²) < 4.78 is 11.2. The smallest absolute Gasteiger partial charge is 0.302 e. The molecule has 0 aromatic heterocycles. The molecule has 0 saturated heterocycles. The van der Waals surface area contributed by atoms with Gasteiger partial charge in [0.1, 0.15) is 12.2 Å². The second-order valence-corrected chi connectivity index (χ2v) is 10.1. The Kier molecular flexibility index (Phi) is 4.88. The summed E-state index contributed by atoms with van der Waals surface area (Å²) in [6, 6.07) is 0. The number of fused-ring (bicyclic) bond motifs is 5. The fourth-order valence-electron chi connectivity index (χ4n) is 7.30. The van der Waals surface area contributed by atoms with Crippen molar-refractivity contribution in [2.75, 3.05) is 0 Å². The molecular formula is C23H34O5. The molecule has 3 saturated carbocycles. The van der Waals surface area contributed by atoms with Crippen LogP contribution >= 0.6 is 0 Å². The molecule has 0 radical (unpaired) electrons. The van der Waals surface area contributed by atoms with Crippen molar-refractivity contribution in [3.8, 4) is 0 Å². The largest absolute Gasteiger partial charge is 0.462 e. The van der Waals surface area contributed by atoms with E-state index in [1.807, 2.05) is 0 Å². The van der Waals surface area contributed by atoms with E-state index in [4.69, 9.17) is 9.47 Å². The number of ether oxygens (including phenoxy) is 2. The Labute approximate surface area is 167 Å². The van der Waals surface area contributed by atoms with Gasteiger partial charge in [0.2, 0.25) is 0 Å². The lowest BCUT2D eigenvalue weighted by molar-refractivity contribution is -0.159. The Morgan fingerprint density at radius 2 is 1.71 bits per heavy atom. The fraction of sp³-hybridized carbons (Fsp3) is 0.826. The van der Waals surface area contributed by atoms with E-state index in [9.17, 15) is 14.7 Å². The van der Waals surface area contributed by atoms with Gasteiger partial charge in [0, 0.05) is 25.7 Å². The quantitative estimate of drug-likeness (QED) is 0.574. The zero-order valence-corrected chi connectivity index (χ0v) is 17.6. The van der Waals surface area contributed by atoms with E-state index in [-0.39, 0.29) is 40.9 Å². The maximum absolute atomic E-state index is 11.6. The summed E-state index contributed by atoms with van der Waals surface area (Å²) in [5, 5.41) is 11.2. The van der Waals surface area contributed by atoms with Gasteiger partial charge in [-0.2, -0.15) is 0 Å². The fourth-order valence-corrected chi connectivity index (χ4v) is 7.30. The summed E-state index contributed by atoms with van der Waals surface area (Å²) in [5.74, 6) is 0.621. The van der Waals surface area contributed by atoms with Crippen LogP contribution in [0.1, 0.15) is 72.6 Å². The Morgan fingerprint density at radius 3 is 2.39 bits per heavy atom. The number of esters is 2. The van der Waals surface area contributed by atoms with E-state index in [1.54, 1.807) is 0 Å². The summed E-state index contributed by atoms with van der Waals surface area (Å²) in [7, 11) is 0. The molecule has 1 N–H and O–H groups in total. The molecular weight excluding hydrogens is 356 g/mol. The summed E-state index contributed by atoms with van der Waals surface area (Å²) in [4.78, 5) is 23.0. The Morgan fingerprint density at radius 1 is 1.00 bits per heavy atom. The number of rotatable bonds is 2. The Balaban J connectivity index is 1.61. The topological polar surface area (TPSA) is 72.8 Å². The van der Waals surface area contributed by atoms with Gasteiger partial charge in [0.05, 0.1) is 6.10 Å². The molecule has 0 spiro atoms. The van der Waals surface area contributed by atoms with Gasteiger partial charge in [-0.15, -0.1) is 0 Å². The molecule has 5 heteroatoms. The van der Waals surface area contributed by atoms with Crippen molar-refractivity contribution in [2.45, 2.75) is 91.0 Å². The molecule has 0 aromatic rings. The van der Waals surface area contributed by atoms with Gasteiger partial charge in [-0.05, 0) is 61.7 Å². The molecule has 8 unspecified atom stereocenters. The summed E-state index contributed by atoms with van der Waals surface area (Å²) >= 11 is 0. The van der Waals surface area contributed by atoms with Crippen LogP contribution in [-0.2, 0) is 19.1 Å². The standard InChI is InChI=1S/C23H34O5/c1-13(24)27-16-7-9-22(3)15(11-16)12-19(26)21-17-5-6-20(28-14(2)25)23(17,4)10-8-18(21)22/h12,16-21,26H,5-11H2,1-4H3. The van der Waals surface area contributed by atoms with Crippen molar-refractivity contribution >= 4 is 11.9 Å². The van der Waals surface area contributed by atoms with Crippen molar-refractivity contribution in [3.63, 3.8) is 0 Å². The average Bonchev–Trinajstić information content (AvgIpc) is 2.92. The maximum atomic E-state index is 11.6. The molecule has 28 heavy (non-hydrogen) atoms. The van der Waals surface area contributed by atoms with Crippen molar-refractivity contribution in [1.82, 2.24) is 0 Å². The van der Waals surface area contributed by atoms with Gasteiger partial charge in [-0.3, -0.25) is 9.59 Å². The third kappa shape index (κ3) is 3.01. The monoisotopic (exact) mass is 390 g/mol. The Hall–Kier alpha value is -1.36. The van der Waals surface area contributed by atoms with Crippen molar-refractivity contribution in [3.05, 3.63) is 11.6 Å². The highest BCUT2D eigenvalue weighted by Gasteiger charge is 2.61. The molecule has 0 aromatic carbocycles. The first-order valence-electron chi connectivity index (χ1n) is 10.9. The highest BCUT2D eigenvalue weighted by atomic mass is 16.5. The van der Waals surface area contributed by atoms with Crippen LogP contribution in [0.5, 0.6) is 0 Å². The van der Waals surface area contributed by atoms with Crippen LogP contribution in [0.4, 0.5) is 0 Å². The lowest BCUT2D eigenvalue weighted by atomic mass is 9.47. The highest BCUT2D eigenvalue weighted by Crippen LogP contribution is 2.65. The molecule has 0 amide bonds. The molecule has 4 aliphatic rings. The van der Waals surface area contributed by atoms with E-state index >= 15 is 0 Å². The van der Waals surface area contributed by atoms with Gasteiger partial charge in [0.25, 0.3) is 0 Å². The molecule has 8 atom stereocenters.